The maximum Gasteiger partial charge on any atom is 0.258 e. The number of carbonyl (C=O) groups excluding carboxylic acids is 1. The van der Waals surface area contributed by atoms with E-state index in [0.717, 1.165) is 24.2 Å². The topological polar surface area (TPSA) is 74.8 Å². The Hall–Kier alpha value is -2.70. The van der Waals surface area contributed by atoms with E-state index in [-0.39, 0.29) is 23.9 Å². The molecule has 27 heavy (non-hydrogen) atoms. The van der Waals surface area contributed by atoms with Crippen LogP contribution >= 0.6 is 0 Å². The second kappa shape index (κ2) is 7.90. The predicted molar refractivity (Wildman–Crippen MR) is 104 cm³/mol. The summed E-state index contributed by atoms with van der Waals surface area (Å²) in [6.45, 7) is 2.52. The zero-order valence-electron chi connectivity index (χ0n) is 15.3. The highest BCUT2D eigenvalue weighted by Gasteiger charge is 2.43. The highest BCUT2D eigenvalue weighted by molar-refractivity contribution is 5.87. The first kappa shape index (κ1) is 17.7. The van der Waals surface area contributed by atoms with Gasteiger partial charge in [0.25, 0.3) is 5.91 Å². The average Bonchev–Trinajstić information content (AvgIpc) is 3.14. The molecule has 0 saturated carbocycles. The molecule has 0 spiro atoms. The van der Waals surface area contributed by atoms with Crippen molar-refractivity contribution in [3.63, 3.8) is 0 Å². The van der Waals surface area contributed by atoms with Gasteiger partial charge in [0.1, 0.15) is 11.8 Å². The second-order valence-electron chi connectivity index (χ2n) is 6.85. The molecule has 0 bridgehead atoms. The number of rotatable bonds is 5. The van der Waals surface area contributed by atoms with E-state index in [0.29, 0.717) is 6.61 Å². The van der Waals surface area contributed by atoms with Crippen molar-refractivity contribution in [2.75, 3.05) is 6.61 Å². The number of hydrogen-bond donors (Lipinski definition) is 3. The summed E-state index contributed by atoms with van der Waals surface area (Å²) in [6.07, 6.45) is 3.59. The molecule has 6 heteroatoms. The summed E-state index contributed by atoms with van der Waals surface area (Å²) in [6, 6.07) is 15.9. The number of amides is 1. The third-order valence-corrected chi connectivity index (χ3v) is 5.27. The lowest BCUT2D eigenvalue weighted by atomic mass is 9.77. The van der Waals surface area contributed by atoms with Crippen molar-refractivity contribution >= 4 is 12.1 Å². The van der Waals surface area contributed by atoms with Gasteiger partial charge in [0.2, 0.25) is 0 Å². The van der Waals surface area contributed by atoms with Crippen molar-refractivity contribution in [2.45, 2.75) is 31.8 Å². The van der Waals surface area contributed by atoms with Crippen LogP contribution in [0.5, 0.6) is 5.75 Å². The van der Waals surface area contributed by atoms with E-state index < -0.39 is 0 Å². The van der Waals surface area contributed by atoms with E-state index in [1.807, 2.05) is 31.2 Å². The van der Waals surface area contributed by atoms with Gasteiger partial charge in [-0.2, -0.15) is 5.10 Å². The van der Waals surface area contributed by atoms with Crippen molar-refractivity contribution in [2.24, 2.45) is 11.0 Å². The van der Waals surface area contributed by atoms with Crippen LogP contribution in [-0.2, 0) is 11.2 Å². The van der Waals surface area contributed by atoms with E-state index >= 15 is 0 Å². The molecule has 0 radical (unpaired) electrons. The minimum absolute atomic E-state index is 0.125. The van der Waals surface area contributed by atoms with Gasteiger partial charge in [0, 0.05) is 11.5 Å². The maximum absolute atomic E-state index is 12.7. The van der Waals surface area contributed by atoms with E-state index in [1.54, 1.807) is 6.21 Å². The molecule has 1 aliphatic heterocycles. The highest BCUT2D eigenvalue weighted by atomic mass is 16.5. The molecule has 4 rings (SSSR count). The Bertz CT molecular complexity index is 852. The van der Waals surface area contributed by atoms with Crippen molar-refractivity contribution < 1.29 is 9.53 Å². The molecular weight excluding hydrogens is 340 g/mol. The summed E-state index contributed by atoms with van der Waals surface area (Å²) >= 11 is 0. The summed E-state index contributed by atoms with van der Waals surface area (Å²) < 4.78 is 5.57. The van der Waals surface area contributed by atoms with Crippen molar-refractivity contribution in [3.8, 4) is 5.75 Å². The Balaban J connectivity index is 1.42. The molecule has 1 aliphatic carbocycles. The summed E-state index contributed by atoms with van der Waals surface area (Å²) in [5, 5.41) is 4.14. The quantitative estimate of drug-likeness (QED) is 0.562. The van der Waals surface area contributed by atoms with Crippen molar-refractivity contribution in [1.29, 1.82) is 0 Å². The molecule has 1 amide bonds. The Morgan fingerprint density at radius 1 is 1.22 bits per heavy atom. The molecule has 6 nitrogen and oxygen atoms in total. The summed E-state index contributed by atoms with van der Waals surface area (Å²) in [4.78, 5) is 12.7. The summed E-state index contributed by atoms with van der Waals surface area (Å²) in [5.41, 5.74) is 12.6. The maximum atomic E-state index is 12.7. The fourth-order valence-electron chi connectivity index (χ4n) is 3.98. The van der Waals surface area contributed by atoms with E-state index in [2.05, 4.69) is 45.6 Å². The molecule has 2 aromatic rings. The number of hydrazine groups is 1. The molecule has 2 aliphatic rings. The lowest BCUT2D eigenvalue weighted by molar-refractivity contribution is -0.123. The number of fused-ring (bicyclic) bond motifs is 3. The fourth-order valence-corrected chi connectivity index (χ4v) is 3.98. The number of nitrogens with zero attached hydrogens (tertiary/aromatic N) is 1. The number of hydrogen-bond acceptors (Lipinski definition) is 5. The van der Waals surface area contributed by atoms with Gasteiger partial charge in [0.05, 0.1) is 18.9 Å². The first-order valence-electron chi connectivity index (χ1n) is 9.41. The highest BCUT2D eigenvalue weighted by Crippen LogP contribution is 2.38. The SMILES string of the molecule is CCOc1ccccc1/C=N/NC(=O)C1NNC2c3ccccc3CCC12. The van der Waals surface area contributed by atoms with Crippen LogP contribution in [0.4, 0.5) is 0 Å². The number of aryl methyl sites for hydroxylation is 1. The molecule has 3 N–H and O–H groups in total. The number of ether oxygens (including phenoxy) is 1. The Labute approximate surface area is 159 Å². The first-order valence-corrected chi connectivity index (χ1v) is 9.41. The molecule has 3 atom stereocenters. The molecule has 0 aromatic heterocycles. The summed E-state index contributed by atoms with van der Waals surface area (Å²) in [7, 11) is 0. The van der Waals surface area contributed by atoms with E-state index in [1.165, 1.54) is 11.1 Å². The molecule has 140 valence electrons. The normalized spacial score (nSPS) is 23.7. The molecule has 1 saturated heterocycles. The van der Waals surface area contributed by atoms with Crippen LogP contribution in [0.1, 0.15) is 36.1 Å². The molecule has 1 heterocycles. The van der Waals surface area contributed by atoms with Crippen LogP contribution in [0.25, 0.3) is 0 Å². The zero-order chi connectivity index (χ0) is 18.6. The van der Waals surface area contributed by atoms with Crippen LogP contribution in [0.3, 0.4) is 0 Å². The fraction of sp³-hybridized carbons (Fsp3) is 0.333. The first-order chi connectivity index (χ1) is 13.3. The number of para-hydroxylation sites is 1. The standard InChI is InChI=1S/C21H24N4O2/c1-2-27-18-10-6-4-8-15(18)13-22-25-21(26)20-17-12-11-14-7-3-5-9-16(14)19(17)23-24-20/h3-10,13,17,19-20,23-24H,2,11-12H2,1H3,(H,25,26)/b22-13+. The van der Waals surface area contributed by atoms with Gasteiger partial charge in [-0.3, -0.25) is 4.79 Å². The zero-order valence-corrected chi connectivity index (χ0v) is 15.3. The van der Waals surface area contributed by atoms with Gasteiger partial charge in [-0.1, -0.05) is 36.4 Å². The number of benzene rings is 2. The lowest BCUT2D eigenvalue weighted by Gasteiger charge is -2.29. The largest absolute Gasteiger partial charge is 0.493 e. The predicted octanol–water partition coefficient (Wildman–Crippen LogP) is 2.32. The van der Waals surface area contributed by atoms with Crippen LogP contribution < -0.4 is 21.0 Å². The van der Waals surface area contributed by atoms with Crippen LogP contribution in [0.15, 0.2) is 53.6 Å². The molecule has 2 aromatic carbocycles. The Morgan fingerprint density at radius 3 is 2.93 bits per heavy atom. The lowest BCUT2D eigenvalue weighted by Crippen LogP contribution is -2.44. The monoisotopic (exact) mass is 364 g/mol. The van der Waals surface area contributed by atoms with E-state index in [4.69, 9.17) is 4.74 Å². The van der Waals surface area contributed by atoms with Crippen LogP contribution in [0, 0.1) is 5.92 Å². The minimum Gasteiger partial charge on any atom is -0.493 e. The molecule has 3 unspecified atom stereocenters. The third kappa shape index (κ3) is 3.59. The van der Waals surface area contributed by atoms with E-state index in [9.17, 15) is 4.79 Å². The van der Waals surface area contributed by atoms with Crippen LogP contribution in [-0.4, -0.2) is 24.8 Å². The number of nitrogens with one attached hydrogen (secondary N) is 3. The van der Waals surface area contributed by atoms with Gasteiger partial charge >= 0.3 is 0 Å². The smallest absolute Gasteiger partial charge is 0.258 e. The second-order valence-corrected chi connectivity index (χ2v) is 6.85. The minimum atomic E-state index is -0.303. The average molecular weight is 364 g/mol. The van der Waals surface area contributed by atoms with Gasteiger partial charge in [0.15, 0.2) is 0 Å². The van der Waals surface area contributed by atoms with Crippen molar-refractivity contribution in [3.05, 3.63) is 65.2 Å². The molecule has 1 fully saturated rings. The Kier molecular flexibility index (Phi) is 5.18. The third-order valence-electron chi connectivity index (χ3n) is 5.27. The van der Waals surface area contributed by atoms with Gasteiger partial charge in [-0.05, 0) is 43.0 Å². The number of carbonyl (C=O) groups is 1. The van der Waals surface area contributed by atoms with Crippen molar-refractivity contribution in [1.82, 2.24) is 16.3 Å². The van der Waals surface area contributed by atoms with Gasteiger partial charge in [-0.15, -0.1) is 0 Å². The van der Waals surface area contributed by atoms with Crippen LogP contribution in [0.2, 0.25) is 0 Å². The molecular formula is C21H24N4O2. The summed E-state index contributed by atoms with van der Waals surface area (Å²) in [5.74, 6) is 0.841. The Morgan fingerprint density at radius 2 is 2.04 bits per heavy atom. The number of hydrazone groups is 1. The van der Waals surface area contributed by atoms with Gasteiger partial charge < -0.3 is 4.74 Å². The van der Waals surface area contributed by atoms with Gasteiger partial charge in [-0.25, -0.2) is 16.3 Å².